The van der Waals surface area contributed by atoms with E-state index in [-0.39, 0.29) is 5.91 Å². The van der Waals surface area contributed by atoms with Crippen LogP contribution in [-0.2, 0) is 11.2 Å². The van der Waals surface area contributed by atoms with E-state index in [1.807, 2.05) is 43.3 Å². The van der Waals surface area contributed by atoms with Gasteiger partial charge in [-0.3, -0.25) is 4.79 Å². The average Bonchev–Trinajstić information content (AvgIpc) is 2.91. The third kappa shape index (κ3) is 4.26. The topological polar surface area (TPSA) is 54.3 Å². The fourth-order valence-corrected chi connectivity index (χ4v) is 1.78. The molecule has 0 saturated heterocycles. The van der Waals surface area contributed by atoms with Crippen molar-refractivity contribution < 1.29 is 9.21 Å². The summed E-state index contributed by atoms with van der Waals surface area (Å²) in [5.41, 5.74) is 1.92. The molecule has 1 aromatic heterocycles. The largest absolute Gasteiger partial charge is 0.469 e. The van der Waals surface area contributed by atoms with Crippen molar-refractivity contribution in [1.29, 1.82) is 0 Å². The Labute approximate surface area is 112 Å². The Hall–Kier alpha value is -2.07. The van der Waals surface area contributed by atoms with Gasteiger partial charge in [0.25, 0.3) is 0 Å². The van der Waals surface area contributed by atoms with Crippen LogP contribution in [0.3, 0.4) is 0 Å². The van der Waals surface area contributed by atoms with Crippen molar-refractivity contribution in [3.8, 4) is 0 Å². The summed E-state index contributed by atoms with van der Waals surface area (Å²) in [6.45, 7) is 2.99. The third-order valence-electron chi connectivity index (χ3n) is 2.83. The van der Waals surface area contributed by atoms with Crippen LogP contribution in [0.25, 0.3) is 0 Å². The van der Waals surface area contributed by atoms with Gasteiger partial charge in [-0.25, -0.2) is 0 Å². The van der Waals surface area contributed by atoms with Crippen LogP contribution < -0.4 is 10.6 Å². The molecule has 0 radical (unpaired) electrons. The van der Waals surface area contributed by atoms with Crippen molar-refractivity contribution in [1.82, 2.24) is 5.32 Å². The number of amides is 1. The zero-order valence-corrected chi connectivity index (χ0v) is 11.0. The second-order valence-corrected chi connectivity index (χ2v) is 4.37. The maximum absolute atomic E-state index is 11.7. The molecule has 0 aliphatic rings. The van der Waals surface area contributed by atoms with E-state index in [2.05, 4.69) is 10.6 Å². The van der Waals surface area contributed by atoms with Gasteiger partial charge < -0.3 is 15.1 Å². The highest BCUT2D eigenvalue weighted by Crippen LogP contribution is 2.12. The zero-order chi connectivity index (χ0) is 13.5. The second-order valence-electron chi connectivity index (χ2n) is 4.37. The van der Waals surface area contributed by atoms with Crippen molar-refractivity contribution >= 4 is 11.6 Å². The van der Waals surface area contributed by atoms with E-state index in [0.29, 0.717) is 13.1 Å². The van der Waals surface area contributed by atoms with Crippen LogP contribution in [0.4, 0.5) is 5.69 Å². The summed E-state index contributed by atoms with van der Waals surface area (Å²) in [6, 6.07) is 11.5. The number of rotatable bonds is 6. The lowest BCUT2D eigenvalue weighted by molar-refractivity contribution is -0.115. The molecule has 19 heavy (non-hydrogen) atoms. The van der Waals surface area contributed by atoms with E-state index in [1.165, 1.54) is 0 Å². The van der Waals surface area contributed by atoms with E-state index in [9.17, 15) is 4.79 Å². The molecule has 0 atom stereocenters. The first-order chi connectivity index (χ1) is 9.25. The SMILES string of the molecule is Cc1ccccc1NC(=O)CNCCc1ccco1. The molecule has 0 saturated carbocycles. The summed E-state index contributed by atoms with van der Waals surface area (Å²) >= 11 is 0. The third-order valence-corrected chi connectivity index (χ3v) is 2.83. The Kier molecular flexibility index (Phi) is 4.75. The lowest BCUT2D eigenvalue weighted by Gasteiger charge is -2.08. The predicted octanol–water partition coefficient (Wildman–Crippen LogP) is 2.36. The molecule has 0 aliphatic heterocycles. The van der Waals surface area contributed by atoms with Gasteiger partial charge in [0.15, 0.2) is 0 Å². The number of carbonyl (C=O) groups is 1. The summed E-state index contributed by atoms with van der Waals surface area (Å²) in [7, 11) is 0. The first-order valence-corrected chi connectivity index (χ1v) is 6.34. The lowest BCUT2D eigenvalue weighted by Crippen LogP contribution is -2.29. The number of nitrogens with one attached hydrogen (secondary N) is 2. The van der Waals surface area contributed by atoms with E-state index < -0.39 is 0 Å². The van der Waals surface area contributed by atoms with Gasteiger partial charge in [-0.05, 0) is 30.7 Å². The zero-order valence-electron chi connectivity index (χ0n) is 11.0. The maximum Gasteiger partial charge on any atom is 0.238 e. The minimum atomic E-state index is -0.0336. The highest BCUT2D eigenvalue weighted by Gasteiger charge is 2.03. The monoisotopic (exact) mass is 258 g/mol. The fraction of sp³-hybridized carbons (Fsp3) is 0.267. The Bertz CT molecular complexity index is 521. The second kappa shape index (κ2) is 6.75. The number of anilines is 1. The van der Waals surface area contributed by atoms with Crippen LogP contribution in [0.2, 0.25) is 0 Å². The number of hydrogen-bond acceptors (Lipinski definition) is 3. The maximum atomic E-state index is 11.7. The Morgan fingerprint density at radius 1 is 1.21 bits per heavy atom. The van der Waals surface area contributed by atoms with Crippen molar-refractivity contribution in [2.45, 2.75) is 13.3 Å². The lowest BCUT2D eigenvalue weighted by atomic mass is 10.2. The van der Waals surface area contributed by atoms with Gasteiger partial charge in [-0.15, -0.1) is 0 Å². The van der Waals surface area contributed by atoms with E-state index in [1.54, 1.807) is 6.26 Å². The molecule has 0 bridgehead atoms. The highest BCUT2D eigenvalue weighted by atomic mass is 16.3. The van der Waals surface area contributed by atoms with Crippen molar-refractivity contribution in [2.75, 3.05) is 18.4 Å². The average molecular weight is 258 g/mol. The molecule has 2 N–H and O–H groups in total. The van der Waals surface area contributed by atoms with Crippen LogP contribution in [-0.4, -0.2) is 19.0 Å². The molecule has 4 heteroatoms. The number of aryl methyl sites for hydroxylation is 1. The number of hydrogen-bond donors (Lipinski definition) is 2. The van der Waals surface area contributed by atoms with Crippen LogP contribution >= 0.6 is 0 Å². The molecule has 2 aromatic rings. The smallest absolute Gasteiger partial charge is 0.238 e. The number of para-hydroxylation sites is 1. The van der Waals surface area contributed by atoms with Crippen molar-refractivity contribution in [3.05, 3.63) is 54.0 Å². The molecular formula is C15H18N2O2. The summed E-state index contributed by atoms with van der Waals surface area (Å²) in [5, 5.41) is 5.97. The van der Waals surface area contributed by atoms with Crippen molar-refractivity contribution in [3.63, 3.8) is 0 Å². The molecule has 1 amide bonds. The van der Waals surface area contributed by atoms with Crippen molar-refractivity contribution in [2.24, 2.45) is 0 Å². The normalized spacial score (nSPS) is 10.4. The Morgan fingerprint density at radius 3 is 2.79 bits per heavy atom. The van der Waals surface area contributed by atoms with E-state index >= 15 is 0 Å². The van der Waals surface area contributed by atoms with Crippen LogP contribution in [0.1, 0.15) is 11.3 Å². The minimum absolute atomic E-state index is 0.0336. The fourth-order valence-electron chi connectivity index (χ4n) is 1.78. The summed E-state index contributed by atoms with van der Waals surface area (Å²) in [4.78, 5) is 11.7. The summed E-state index contributed by atoms with van der Waals surface area (Å²) < 4.78 is 5.21. The number of benzene rings is 1. The van der Waals surface area contributed by atoms with Gasteiger partial charge in [0.1, 0.15) is 5.76 Å². The van der Waals surface area contributed by atoms with Gasteiger partial charge in [0, 0.05) is 18.7 Å². The minimum Gasteiger partial charge on any atom is -0.469 e. The molecule has 2 rings (SSSR count). The first kappa shape index (κ1) is 13.4. The molecule has 0 aliphatic carbocycles. The van der Waals surface area contributed by atoms with Gasteiger partial charge in [0.2, 0.25) is 5.91 Å². The molecule has 1 aromatic carbocycles. The van der Waals surface area contributed by atoms with E-state index in [0.717, 1.165) is 23.4 Å². The first-order valence-electron chi connectivity index (χ1n) is 6.34. The van der Waals surface area contributed by atoms with E-state index in [4.69, 9.17) is 4.42 Å². The molecule has 0 fully saturated rings. The Balaban J connectivity index is 1.69. The standard InChI is InChI=1S/C15H18N2O2/c1-12-5-2-3-7-14(12)17-15(18)11-16-9-8-13-6-4-10-19-13/h2-7,10,16H,8-9,11H2,1H3,(H,17,18). The Morgan fingerprint density at radius 2 is 2.05 bits per heavy atom. The molecular weight excluding hydrogens is 240 g/mol. The van der Waals surface area contributed by atoms with Gasteiger partial charge in [-0.1, -0.05) is 18.2 Å². The molecule has 4 nitrogen and oxygen atoms in total. The summed E-state index contributed by atoms with van der Waals surface area (Å²) in [5.74, 6) is 0.889. The van der Waals surface area contributed by atoms with Gasteiger partial charge >= 0.3 is 0 Å². The van der Waals surface area contributed by atoms with Gasteiger partial charge in [0.05, 0.1) is 12.8 Å². The molecule has 0 unspecified atom stereocenters. The van der Waals surface area contributed by atoms with Crippen LogP contribution in [0.5, 0.6) is 0 Å². The van der Waals surface area contributed by atoms with Crippen LogP contribution in [0, 0.1) is 6.92 Å². The van der Waals surface area contributed by atoms with Gasteiger partial charge in [-0.2, -0.15) is 0 Å². The molecule has 1 heterocycles. The molecule has 100 valence electrons. The number of furan rings is 1. The quantitative estimate of drug-likeness (QED) is 0.782. The number of carbonyl (C=O) groups excluding carboxylic acids is 1. The molecule has 0 spiro atoms. The van der Waals surface area contributed by atoms with Crippen LogP contribution in [0.15, 0.2) is 47.1 Å². The highest BCUT2D eigenvalue weighted by molar-refractivity contribution is 5.92. The summed E-state index contributed by atoms with van der Waals surface area (Å²) in [6.07, 6.45) is 2.44. The predicted molar refractivity (Wildman–Crippen MR) is 75.1 cm³/mol.